The van der Waals surface area contributed by atoms with Gasteiger partial charge in [-0.05, 0) is 35.9 Å². The minimum Gasteiger partial charge on any atom is -0.399 e. The van der Waals surface area contributed by atoms with E-state index in [9.17, 15) is 4.79 Å². The highest BCUT2D eigenvalue weighted by Crippen LogP contribution is 2.21. The van der Waals surface area contributed by atoms with Crippen molar-refractivity contribution in [1.82, 2.24) is 4.98 Å². The average Bonchev–Trinajstić information content (AvgIpc) is 2.56. The lowest BCUT2D eigenvalue weighted by molar-refractivity contribution is 0.102. The van der Waals surface area contributed by atoms with E-state index >= 15 is 0 Å². The van der Waals surface area contributed by atoms with Crippen LogP contribution in [0.25, 0.3) is 11.1 Å². The first kappa shape index (κ1) is 13.8. The largest absolute Gasteiger partial charge is 0.399 e. The Kier molecular flexibility index (Phi) is 3.83. The number of nitrogens with one attached hydrogen (secondary N) is 1. The highest BCUT2D eigenvalue weighted by atomic mass is 16.1. The van der Waals surface area contributed by atoms with E-state index < -0.39 is 0 Å². The van der Waals surface area contributed by atoms with E-state index in [2.05, 4.69) is 10.3 Å². The van der Waals surface area contributed by atoms with Gasteiger partial charge in [-0.2, -0.15) is 0 Å². The maximum absolute atomic E-state index is 12.3. The van der Waals surface area contributed by atoms with E-state index in [1.54, 1.807) is 18.5 Å². The van der Waals surface area contributed by atoms with Gasteiger partial charge in [0.15, 0.2) is 0 Å². The maximum Gasteiger partial charge on any atom is 0.257 e. The number of aromatic nitrogens is 1. The molecule has 0 bridgehead atoms. The van der Waals surface area contributed by atoms with Gasteiger partial charge in [0, 0.05) is 29.3 Å². The van der Waals surface area contributed by atoms with Crippen LogP contribution in [0.4, 0.5) is 11.4 Å². The molecule has 3 aromatic rings. The Morgan fingerprint density at radius 1 is 0.909 bits per heavy atom. The predicted octanol–water partition coefficient (Wildman–Crippen LogP) is 3.58. The predicted molar refractivity (Wildman–Crippen MR) is 88.5 cm³/mol. The van der Waals surface area contributed by atoms with Crippen molar-refractivity contribution in [2.45, 2.75) is 0 Å². The molecule has 3 rings (SSSR count). The monoisotopic (exact) mass is 289 g/mol. The fourth-order valence-corrected chi connectivity index (χ4v) is 2.16. The van der Waals surface area contributed by atoms with Gasteiger partial charge in [-0.25, -0.2) is 0 Å². The fourth-order valence-electron chi connectivity index (χ4n) is 2.16. The van der Waals surface area contributed by atoms with Gasteiger partial charge in [0.05, 0.1) is 5.56 Å². The SMILES string of the molecule is Nc1cccc(-c2cncc(C(=O)Nc3ccccc3)c2)c1. The molecule has 0 unspecified atom stereocenters. The molecule has 22 heavy (non-hydrogen) atoms. The Morgan fingerprint density at radius 2 is 1.73 bits per heavy atom. The number of benzene rings is 2. The second kappa shape index (κ2) is 6.10. The maximum atomic E-state index is 12.3. The molecule has 4 nitrogen and oxygen atoms in total. The van der Waals surface area contributed by atoms with Crippen molar-refractivity contribution >= 4 is 17.3 Å². The summed E-state index contributed by atoms with van der Waals surface area (Å²) in [6.45, 7) is 0. The summed E-state index contributed by atoms with van der Waals surface area (Å²) in [6, 6.07) is 18.6. The number of amides is 1. The number of nitrogen functional groups attached to an aromatic ring is 1. The third kappa shape index (κ3) is 3.12. The molecule has 1 aromatic heterocycles. The molecule has 0 radical (unpaired) electrons. The minimum absolute atomic E-state index is 0.190. The Labute approximate surface area is 128 Å². The smallest absolute Gasteiger partial charge is 0.257 e. The summed E-state index contributed by atoms with van der Waals surface area (Å²) in [5.74, 6) is -0.190. The highest BCUT2D eigenvalue weighted by molar-refractivity contribution is 6.04. The van der Waals surface area contributed by atoms with Gasteiger partial charge >= 0.3 is 0 Å². The second-order valence-electron chi connectivity index (χ2n) is 4.91. The van der Waals surface area contributed by atoms with Crippen LogP contribution in [0, 0.1) is 0 Å². The molecule has 1 amide bonds. The number of para-hydroxylation sites is 1. The molecule has 4 heteroatoms. The molecule has 0 spiro atoms. The van der Waals surface area contributed by atoms with Crippen molar-refractivity contribution in [3.63, 3.8) is 0 Å². The molecule has 0 aliphatic heterocycles. The third-order valence-corrected chi connectivity index (χ3v) is 3.25. The zero-order valence-corrected chi connectivity index (χ0v) is 11.9. The zero-order valence-electron chi connectivity index (χ0n) is 11.9. The molecular formula is C18H15N3O. The van der Waals surface area contributed by atoms with Crippen LogP contribution in [0.2, 0.25) is 0 Å². The third-order valence-electron chi connectivity index (χ3n) is 3.25. The quantitative estimate of drug-likeness (QED) is 0.724. The Morgan fingerprint density at radius 3 is 2.50 bits per heavy atom. The van der Waals surface area contributed by atoms with Crippen molar-refractivity contribution in [2.75, 3.05) is 11.1 Å². The first-order chi connectivity index (χ1) is 10.7. The Bertz CT molecular complexity index is 800. The van der Waals surface area contributed by atoms with Crippen molar-refractivity contribution in [3.05, 3.63) is 78.6 Å². The van der Waals surface area contributed by atoms with E-state index in [-0.39, 0.29) is 5.91 Å². The molecule has 0 saturated heterocycles. The van der Waals surface area contributed by atoms with Crippen molar-refractivity contribution in [2.24, 2.45) is 0 Å². The van der Waals surface area contributed by atoms with E-state index in [0.717, 1.165) is 16.8 Å². The van der Waals surface area contributed by atoms with Crippen LogP contribution in [0.1, 0.15) is 10.4 Å². The first-order valence-corrected chi connectivity index (χ1v) is 6.90. The summed E-state index contributed by atoms with van der Waals surface area (Å²) >= 11 is 0. The van der Waals surface area contributed by atoms with Crippen molar-refractivity contribution in [1.29, 1.82) is 0 Å². The molecule has 0 saturated carbocycles. The molecule has 1 heterocycles. The van der Waals surface area contributed by atoms with E-state index in [1.807, 2.05) is 54.6 Å². The zero-order chi connectivity index (χ0) is 15.4. The van der Waals surface area contributed by atoms with Gasteiger partial charge in [0.1, 0.15) is 0 Å². The molecule has 0 fully saturated rings. The number of hydrogen-bond donors (Lipinski definition) is 2. The van der Waals surface area contributed by atoms with Crippen molar-refractivity contribution < 1.29 is 4.79 Å². The standard InChI is InChI=1S/C18H15N3O/c19-16-6-4-5-13(10-16)14-9-15(12-20-11-14)18(22)21-17-7-2-1-3-8-17/h1-12H,19H2,(H,21,22). The number of carbonyl (C=O) groups is 1. The average molecular weight is 289 g/mol. The summed E-state index contributed by atoms with van der Waals surface area (Å²) in [5.41, 5.74) is 9.52. The van der Waals surface area contributed by atoms with Crippen LogP contribution >= 0.6 is 0 Å². The minimum atomic E-state index is -0.190. The molecule has 2 aromatic carbocycles. The van der Waals surface area contributed by atoms with Gasteiger partial charge in [-0.1, -0.05) is 30.3 Å². The van der Waals surface area contributed by atoms with E-state index in [1.165, 1.54) is 0 Å². The van der Waals surface area contributed by atoms with Crippen LogP contribution < -0.4 is 11.1 Å². The number of nitrogens with two attached hydrogens (primary N) is 1. The highest BCUT2D eigenvalue weighted by Gasteiger charge is 2.08. The molecule has 3 N–H and O–H groups in total. The number of rotatable bonds is 3. The lowest BCUT2D eigenvalue weighted by atomic mass is 10.1. The summed E-state index contributed by atoms with van der Waals surface area (Å²) in [4.78, 5) is 16.4. The van der Waals surface area contributed by atoms with E-state index in [4.69, 9.17) is 5.73 Å². The number of nitrogens with zero attached hydrogens (tertiary/aromatic N) is 1. The normalized spacial score (nSPS) is 10.2. The fraction of sp³-hybridized carbons (Fsp3) is 0. The van der Waals surface area contributed by atoms with Crippen LogP contribution in [0.3, 0.4) is 0 Å². The van der Waals surface area contributed by atoms with E-state index in [0.29, 0.717) is 11.3 Å². The van der Waals surface area contributed by atoms with Gasteiger partial charge in [-0.3, -0.25) is 9.78 Å². The summed E-state index contributed by atoms with van der Waals surface area (Å²) in [6.07, 6.45) is 3.27. The lowest BCUT2D eigenvalue weighted by Gasteiger charge is -2.07. The lowest BCUT2D eigenvalue weighted by Crippen LogP contribution is -2.12. The van der Waals surface area contributed by atoms with Gasteiger partial charge in [0.25, 0.3) is 5.91 Å². The van der Waals surface area contributed by atoms with Gasteiger partial charge < -0.3 is 11.1 Å². The number of pyridine rings is 1. The molecule has 0 atom stereocenters. The molecule has 0 aliphatic rings. The summed E-state index contributed by atoms with van der Waals surface area (Å²) in [7, 11) is 0. The molecular weight excluding hydrogens is 274 g/mol. The second-order valence-corrected chi connectivity index (χ2v) is 4.91. The Hall–Kier alpha value is -3.14. The Balaban J connectivity index is 1.86. The number of carbonyl (C=O) groups excluding carboxylic acids is 1. The van der Waals surface area contributed by atoms with Crippen LogP contribution in [-0.2, 0) is 0 Å². The molecule has 108 valence electrons. The van der Waals surface area contributed by atoms with Crippen LogP contribution in [0.5, 0.6) is 0 Å². The molecule has 0 aliphatic carbocycles. The number of hydrogen-bond acceptors (Lipinski definition) is 3. The van der Waals surface area contributed by atoms with Gasteiger partial charge in [0.2, 0.25) is 0 Å². The number of anilines is 2. The van der Waals surface area contributed by atoms with Crippen molar-refractivity contribution in [3.8, 4) is 11.1 Å². The summed E-state index contributed by atoms with van der Waals surface area (Å²) < 4.78 is 0. The first-order valence-electron chi connectivity index (χ1n) is 6.90. The topological polar surface area (TPSA) is 68.0 Å². The van der Waals surface area contributed by atoms with Crippen LogP contribution in [0.15, 0.2) is 73.1 Å². The summed E-state index contributed by atoms with van der Waals surface area (Å²) in [5, 5.41) is 2.84. The van der Waals surface area contributed by atoms with Crippen LogP contribution in [-0.4, -0.2) is 10.9 Å². The van der Waals surface area contributed by atoms with Gasteiger partial charge in [-0.15, -0.1) is 0 Å².